The number of para-hydroxylation sites is 3. The number of hydrogen-bond acceptors (Lipinski definition) is 5. The Balaban J connectivity index is 1.71. The molecule has 0 saturated carbocycles. The standard InChI is InChI=1S/C20H16N4O2/c1-26-19-9-5-4-8-17(19)24-23-13-10-11-18(25)14(12-13)20-21-15-6-2-3-7-16(15)22-20/h2-12,25H,1H3,(H,21,22). The summed E-state index contributed by atoms with van der Waals surface area (Å²) >= 11 is 0. The van der Waals surface area contributed by atoms with E-state index in [1.54, 1.807) is 25.3 Å². The third kappa shape index (κ3) is 3.00. The van der Waals surface area contributed by atoms with Crippen molar-refractivity contribution in [3.63, 3.8) is 0 Å². The fraction of sp³-hybridized carbons (Fsp3) is 0.0500. The molecule has 128 valence electrons. The van der Waals surface area contributed by atoms with Gasteiger partial charge in [0.2, 0.25) is 0 Å². The van der Waals surface area contributed by atoms with E-state index in [4.69, 9.17) is 4.74 Å². The number of azo groups is 1. The first kappa shape index (κ1) is 15.8. The van der Waals surface area contributed by atoms with Crippen molar-refractivity contribution in [2.45, 2.75) is 0 Å². The Morgan fingerprint density at radius 1 is 0.962 bits per heavy atom. The van der Waals surface area contributed by atoms with Crippen molar-refractivity contribution in [2.24, 2.45) is 10.2 Å². The first-order valence-electron chi connectivity index (χ1n) is 8.07. The molecule has 26 heavy (non-hydrogen) atoms. The number of benzene rings is 3. The molecule has 4 aromatic rings. The van der Waals surface area contributed by atoms with E-state index in [1.807, 2.05) is 48.5 Å². The van der Waals surface area contributed by atoms with Crippen LogP contribution in [0.4, 0.5) is 11.4 Å². The molecule has 0 bridgehead atoms. The zero-order chi connectivity index (χ0) is 17.9. The molecule has 0 atom stereocenters. The minimum absolute atomic E-state index is 0.125. The van der Waals surface area contributed by atoms with Gasteiger partial charge in [-0.3, -0.25) is 0 Å². The molecule has 0 aliphatic heterocycles. The number of ether oxygens (including phenoxy) is 1. The molecule has 6 heteroatoms. The topological polar surface area (TPSA) is 82.9 Å². The van der Waals surface area contributed by atoms with Crippen molar-refractivity contribution < 1.29 is 9.84 Å². The Morgan fingerprint density at radius 2 is 1.77 bits per heavy atom. The Kier molecular flexibility index (Phi) is 4.07. The van der Waals surface area contributed by atoms with Crippen molar-refractivity contribution in [1.82, 2.24) is 9.97 Å². The average Bonchev–Trinajstić information content (AvgIpc) is 3.11. The quantitative estimate of drug-likeness (QED) is 0.489. The molecular formula is C20H16N4O2. The molecule has 0 fully saturated rings. The molecule has 0 radical (unpaired) electrons. The van der Waals surface area contributed by atoms with E-state index in [0.29, 0.717) is 28.5 Å². The normalized spacial score (nSPS) is 11.3. The molecule has 0 aliphatic carbocycles. The fourth-order valence-electron chi connectivity index (χ4n) is 2.68. The third-order valence-electron chi connectivity index (χ3n) is 3.98. The van der Waals surface area contributed by atoms with Crippen LogP contribution < -0.4 is 4.74 Å². The van der Waals surface area contributed by atoms with Gasteiger partial charge in [0.15, 0.2) is 0 Å². The van der Waals surface area contributed by atoms with Gasteiger partial charge in [-0.05, 0) is 42.5 Å². The van der Waals surface area contributed by atoms with Crippen molar-refractivity contribution >= 4 is 22.4 Å². The predicted molar refractivity (Wildman–Crippen MR) is 100 cm³/mol. The van der Waals surface area contributed by atoms with Crippen LogP contribution in [0, 0.1) is 0 Å². The van der Waals surface area contributed by atoms with Gasteiger partial charge in [0, 0.05) is 0 Å². The smallest absolute Gasteiger partial charge is 0.146 e. The highest BCUT2D eigenvalue weighted by atomic mass is 16.5. The van der Waals surface area contributed by atoms with E-state index in [0.717, 1.165) is 11.0 Å². The second-order valence-corrected chi connectivity index (χ2v) is 5.68. The minimum atomic E-state index is 0.125. The molecule has 3 aromatic carbocycles. The summed E-state index contributed by atoms with van der Waals surface area (Å²) in [5, 5.41) is 18.7. The Bertz CT molecular complexity index is 1070. The zero-order valence-electron chi connectivity index (χ0n) is 14.0. The van der Waals surface area contributed by atoms with Gasteiger partial charge < -0.3 is 14.8 Å². The molecule has 0 saturated heterocycles. The second kappa shape index (κ2) is 6.68. The maximum atomic E-state index is 10.2. The Hall–Kier alpha value is -3.67. The molecule has 0 aliphatic rings. The SMILES string of the molecule is COc1ccccc1N=Nc1ccc(O)c(-c2nc3ccccc3[nH]2)c1. The maximum absolute atomic E-state index is 10.2. The number of imidazole rings is 1. The average molecular weight is 344 g/mol. The Morgan fingerprint density at radius 3 is 2.62 bits per heavy atom. The number of phenolic OH excluding ortho intramolecular Hbond substituents is 1. The molecule has 2 N–H and O–H groups in total. The van der Waals surface area contributed by atoms with Crippen LogP contribution in [0.5, 0.6) is 11.5 Å². The van der Waals surface area contributed by atoms with Crippen LogP contribution in [-0.2, 0) is 0 Å². The van der Waals surface area contributed by atoms with E-state index < -0.39 is 0 Å². The summed E-state index contributed by atoms with van der Waals surface area (Å²) in [6.07, 6.45) is 0. The number of rotatable bonds is 4. The molecule has 6 nitrogen and oxygen atoms in total. The van der Waals surface area contributed by atoms with Gasteiger partial charge in [0.25, 0.3) is 0 Å². The third-order valence-corrected chi connectivity index (χ3v) is 3.98. The molecular weight excluding hydrogens is 328 g/mol. The molecule has 1 aromatic heterocycles. The van der Waals surface area contributed by atoms with Gasteiger partial charge in [0.1, 0.15) is 23.0 Å². The van der Waals surface area contributed by atoms with Crippen molar-refractivity contribution in [1.29, 1.82) is 0 Å². The minimum Gasteiger partial charge on any atom is -0.507 e. The summed E-state index contributed by atoms with van der Waals surface area (Å²) < 4.78 is 5.27. The number of nitrogens with zero attached hydrogens (tertiary/aromatic N) is 3. The summed E-state index contributed by atoms with van der Waals surface area (Å²) in [6.45, 7) is 0. The summed E-state index contributed by atoms with van der Waals surface area (Å²) in [6, 6.07) is 20.1. The van der Waals surface area contributed by atoms with Gasteiger partial charge in [-0.1, -0.05) is 24.3 Å². The van der Waals surface area contributed by atoms with Gasteiger partial charge in [0.05, 0.1) is 29.4 Å². The van der Waals surface area contributed by atoms with Gasteiger partial charge in [-0.25, -0.2) is 4.98 Å². The Labute approximate surface area is 149 Å². The summed E-state index contributed by atoms with van der Waals surface area (Å²) in [7, 11) is 1.59. The summed E-state index contributed by atoms with van der Waals surface area (Å²) in [5.41, 5.74) is 3.54. The highest BCUT2D eigenvalue weighted by Gasteiger charge is 2.10. The van der Waals surface area contributed by atoms with E-state index in [-0.39, 0.29) is 5.75 Å². The number of phenols is 1. The van der Waals surface area contributed by atoms with Crippen LogP contribution in [0.15, 0.2) is 77.0 Å². The summed E-state index contributed by atoms with van der Waals surface area (Å²) in [4.78, 5) is 7.73. The largest absolute Gasteiger partial charge is 0.507 e. The number of aromatic hydroxyl groups is 1. The lowest BCUT2D eigenvalue weighted by atomic mass is 10.1. The van der Waals surface area contributed by atoms with Crippen LogP contribution in [0.1, 0.15) is 0 Å². The molecule has 1 heterocycles. The first-order valence-corrected chi connectivity index (χ1v) is 8.07. The fourth-order valence-corrected chi connectivity index (χ4v) is 2.68. The van der Waals surface area contributed by atoms with E-state index in [9.17, 15) is 5.11 Å². The maximum Gasteiger partial charge on any atom is 0.146 e. The number of methoxy groups -OCH3 is 1. The predicted octanol–water partition coefficient (Wildman–Crippen LogP) is 5.36. The molecule has 0 unspecified atom stereocenters. The van der Waals surface area contributed by atoms with Crippen LogP contribution >= 0.6 is 0 Å². The lowest BCUT2D eigenvalue weighted by Gasteiger charge is -2.03. The second-order valence-electron chi connectivity index (χ2n) is 5.68. The molecule has 0 amide bonds. The summed E-state index contributed by atoms with van der Waals surface area (Å²) in [5.74, 6) is 1.35. The van der Waals surface area contributed by atoms with Gasteiger partial charge in [-0.2, -0.15) is 5.11 Å². The van der Waals surface area contributed by atoms with Crippen LogP contribution in [0.2, 0.25) is 0 Å². The van der Waals surface area contributed by atoms with Gasteiger partial charge >= 0.3 is 0 Å². The van der Waals surface area contributed by atoms with Crippen LogP contribution in [-0.4, -0.2) is 22.2 Å². The first-order chi connectivity index (χ1) is 12.7. The number of nitrogens with one attached hydrogen (secondary N) is 1. The number of aromatic amines is 1. The number of hydrogen-bond donors (Lipinski definition) is 2. The van der Waals surface area contributed by atoms with Crippen molar-refractivity contribution in [2.75, 3.05) is 7.11 Å². The molecule has 0 spiro atoms. The van der Waals surface area contributed by atoms with E-state index in [2.05, 4.69) is 20.2 Å². The monoisotopic (exact) mass is 344 g/mol. The van der Waals surface area contributed by atoms with E-state index in [1.165, 1.54) is 0 Å². The number of H-pyrrole nitrogens is 1. The van der Waals surface area contributed by atoms with Gasteiger partial charge in [-0.15, -0.1) is 5.11 Å². The van der Waals surface area contributed by atoms with Crippen LogP contribution in [0.25, 0.3) is 22.4 Å². The highest BCUT2D eigenvalue weighted by molar-refractivity contribution is 5.81. The highest BCUT2D eigenvalue weighted by Crippen LogP contribution is 2.34. The number of aromatic nitrogens is 2. The van der Waals surface area contributed by atoms with Crippen molar-refractivity contribution in [3.8, 4) is 22.9 Å². The van der Waals surface area contributed by atoms with Crippen molar-refractivity contribution in [3.05, 3.63) is 66.7 Å². The lowest BCUT2D eigenvalue weighted by molar-refractivity contribution is 0.416. The lowest BCUT2D eigenvalue weighted by Crippen LogP contribution is -1.82. The van der Waals surface area contributed by atoms with Crippen LogP contribution in [0.3, 0.4) is 0 Å². The molecule has 4 rings (SSSR count). The number of fused-ring (bicyclic) bond motifs is 1. The zero-order valence-corrected chi connectivity index (χ0v) is 14.0. The van der Waals surface area contributed by atoms with E-state index >= 15 is 0 Å².